The zero-order valence-corrected chi connectivity index (χ0v) is 16.3. The summed E-state index contributed by atoms with van der Waals surface area (Å²) < 4.78 is 9.84. The van der Waals surface area contributed by atoms with Crippen LogP contribution >= 0.6 is 0 Å². The summed E-state index contributed by atoms with van der Waals surface area (Å²) in [5.74, 6) is -0.450. The van der Waals surface area contributed by atoms with Gasteiger partial charge in [0.2, 0.25) is 6.29 Å². The van der Waals surface area contributed by atoms with Crippen molar-refractivity contribution in [1.29, 1.82) is 0 Å². The number of ether oxygens (including phenoxy) is 2. The molecule has 0 radical (unpaired) electrons. The van der Waals surface area contributed by atoms with Crippen LogP contribution in [0.3, 0.4) is 0 Å². The van der Waals surface area contributed by atoms with Crippen LogP contribution in [0, 0.1) is 0 Å². The third kappa shape index (κ3) is 9.41. The van der Waals surface area contributed by atoms with Gasteiger partial charge in [0.15, 0.2) is 0 Å². The zero-order valence-electron chi connectivity index (χ0n) is 16.3. The molecule has 0 aromatic heterocycles. The second kappa shape index (κ2) is 14.3. The minimum absolute atomic E-state index is 0.353. The molecule has 0 saturated carbocycles. The van der Waals surface area contributed by atoms with Crippen LogP contribution in [-0.4, -0.2) is 30.6 Å². The molecule has 1 aliphatic heterocycles. The van der Waals surface area contributed by atoms with Crippen molar-refractivity contribution >= 4 is 5.97 Å². The summed E-state index contributed by atoms with van der Waals surface area (Å²) >= 11 is 0. The first kappa shape index (κ1) is 22.2. The number of allylic oxidation sites excluding steroid dienone is 1. The van der Waals surface area contributed by atoms with Gasteiger partial charge in [-0.25, -0.2) is 4.79 Å². The summed E-state index contributed by atoms with van der Waals surface area (Å²) in [5, 5.41) is 9.88. The van der Waals surface area contributed by atoms with Crippen molar-refractivity contribution in [3.8, 4) is 0 Å². The molecule has 1 N–H and O–H groups in total. The van der Waals surface area contributed by atoms with Gasteiger partial charge in [0, 0.05) is 7.11 Å². The third-order valence-corrected chi connectivity index (χ3v) is 4.94. The summed E-state index contributed by atoms with van der Waals surface area (Å²) in [6, 6.07) is 0. The quantitative estimate of drug-likeness (QED) is 0.247. The van der Waals surface area contributed by atoms with Gasteiger partial charge in [-0.2, -0.15) is 0 Å². The van der Waals surface area contributed by atoms with E-state index in [0.29, 0.717) is 5.57 Å². The third-order valence-electron chi connectivity index (χ3n) is 4.94. The molecule has 1 heterocycles. The summed E-state index contributed by atoms with van der Waals surface area (Å²) in [5.41, 5.74) is 0.353. The average Bonchev–Trinajstić information content (AvgIpc) is 2.89. The van der Waals surface area contributed by atoms with Gasteiger partial charge < -0.3 is 14.6 Å². The average molecular weight is 355 g/mol. The molecule has 0 spiro atoms. The second-order valence-corrected chi connectivity index (χ2v) is 7.15. The first-order chi connectivity index (χ1) is 12.2. The summed E-state index contributed by atoms with van der Waals surface area (Å²) in [6.45, 7) is 2.26. The van der Waals surface area contributed by atoms with Crippen LogP contribution in [0.25, 0.3) is 0 Å². The molecule has 1 saturated heterocycles. The Balaban J connectivity index is 1.91. The molecule has 1 rings (SSSR count). The summed E-state index contributed by atoms with van der Waals surface area (Å²) in [7, 11) is 1.43. The Bertz CT molecular complexity index is 378. The largest absolute Gasteiger partial charge is 0.429 e. The predicted octanol–water partition coefficient (Wildman–Crippen LogP) is 5.28. The van der Waals surface area contributed by atoms with Crippen molar-refractivity contribution in [2.75, 3.05) is 7.11 Å². The van der Waals surface area contributed by atoms with Crippen molar-refractivity contribution in [2.24, 2.45) is 0 Å². The first-order valence-electron chi connectivity index (χ1n) is 10.3. The normalized spacial score (nSPS) is 21.9. The van der Waals surface area contributed by atoms with Crippen molar-refractivity contribution in [3.05, 3.63) is 11.6 Å². The molecular formula is C21H38O4. The molecule has 0 unspecified atom stereocenters. The summed E-state index contributed by atoms with van der Waals surface area (Å²) in [4.78, 5) is 11.6. The monoisotopic (exact) mass is 354 g/mol. The lowest BCUT2D eigenvalue weighted by molar-refractivity contribution is -0.166. The molecule has 0 aromatic rings. The standard InChI is InChI=1S/C21H38O4/c1-3-4-5-6-7-8-9-10-11-12-13-14-15-16-17-18-19(22)21(24-2)25-20(18)23/h17,19,21-22H,3-16H2,1-2H3/b18-17-/t19-,21-/m1/s1. The Hall–Kier alpha value is -0.870. The minimum atomic E-state index is -0.945. The molecule has 1 fully saturated rings. The fourth-order valence-corrected chi connectivity index (χ4v) is 3.31. The van der Waals surface area contributed by atoms with Gasteiger partial charge >= 0.3 is 5.97 Å². The highest BCUT2D eigenvalue weighted by atomic mass is 16.7. The van der Waals surface area contributed by atoms with Crippen LogP contribution in [0.1, 0.15) is 96.8 Å². The van der Waals surface area contributed by atoms with Crippen LogP contribution < -0.4 is 0 Å². The number of aliphatic hydroxyl groups is 1. The number of unbranched alkanes of at least 4 members (excludes halogenated alkanes) is 13. The van der Waals surface area contributed by atoms with E-state index in [1.807, 2.05) is 6.08 Å². The van der Waals surface area contributed by atoms with E-state index in [1.165, 1.54) is 84.2 Å². The molecule has 1 aliphatic rings. The summed E-state index contributed by atoms with van der Waals surface area (Å²) in [6.07, 6.45) is 18.1. The van der Waals surface area contributed by atoms with Crippen LogP contribution in [0.15, 0.2) is 11.6 Å². The number of hydrogen-bond donors (Lipinski definition) is 1. The highest BCUT2D eigenvalue weighted by Gasteiger charge is 2.38. The van der Waals surface area contributed by atoms with Gasteiger partial charge in [-0.1, -0.05) is 90.0 Å². The number of hydrogen-bond acceptors (Lipinski definition) is 4. The molecule has 25 heavy (non-hydrogen) atoms. The number of cyclic esters (lactones) is 1. The Morgan fingerprint density at radius 1 is 0.920 bits per heavy atom. The maximum absolute atomic E-state index is 11.6. The van der Waals surface area contributed by atoms with E-state index < -0.39 is 18.4 Å². The van der Waals surface area contributed by atoms with Crippen molar-refractivity contribution in [1.82, 2.24) is 0 Å². The van der Waals surface area contributed by atoms with Crippen molar-refractivity contribution < 1.29 is 19.4 Å². The van der Waals surface area contributed by atoms with Crippen LogP contribution in [-0.2, 0) is 14.3 Å². The highest BCUT2D eigenvalue weighted by Crippen LogP contribution is 2.22. The van der Waals surface area contributed by atoms with Crippen molar-refractivity contribution in [2.45, 2.75) is 109 Å². The Labute approximate surface area is 154 Å². The number of aliphatic hydroxyl groups excluding tert-OH is 1. The van der Waals surface area contributed by atoms with E-state index in [-0.39, 0.29) is 0 Å². The van der Waals surface area contributed by atoms with E-state index >= 15 is 0 Å². The molecule has 4 heteroatoms. The molecule has 0 amide bonds. The lowest BCUT2D eigenvalue weighted by atomic mass is 10.0. The van der Waals surface area contributed by atoms with Gasteiger partial charge in [-0.15, -0.1) is 0 Å². The van der Waals surface area contributed by atoms with Crippen LogP contribution in [0.4, 0.5) is 0 Å². The lowest BCUT2D eigenvalue weighted by Gasteiger charge is -2.09. The van der Waals surface area contributed by atoms with Gasteiger partial charge in [0.25, 0.3) is 0 Å². The van der Waals surface area contributed by atoms with E-state index in [1.54, 1.807) is 0 Å². The number of rotatable bonds is 15. The fraction of sp³-hybridized carbons (Fsp3) is 0.857. The Kier molecular flexibility index (Phi) is 12.7. The van der Waals surface area contributed by atoms with Gasteiger partial charge in [0.1, 0.15) is 6.10 Å². The van der Waals surface area contributed by atoms with Gasteiger partial charge in [0.05, 0.1) is 5.57 Å². The predicted molar refractivity (Wildman–Crippen MR) is 101 cm³/mol. The molecule has 4 nitrogen and oxygen atoms in total. The Morgan fingerprint density at radius 3 is 1.84 bits per heavy atom. The lowest BCUT2D eigenvalue weighted by Crippen LogP contribution is -2.23. The highest BCUT2D eigenvalue weighted by molar-refractivity contribution is 5.91. The molecular weight excluding hydrogens is 316 g/mol. The number of carbonyl (C=O) groups is 1. The second-order valence-electron chi connectivity index (χ2n) is 7.15. The number of methoxy groups -OCH3 is 1. The maximum Gasteiger partial charge on any atom is 0.339 e. The first-order valence-corrected chi connectivity index (χ1v) is 10.3. The van der Waals surface area contributed by atoms with Crippen molar-refractivity contribution in [3.63, 3.8) is 0 Å². The van der Waals surface area contributed by atoms with Crippen LogP contribution in [0.5, 0.6) is 0 Å². The zero-order chi connectivity index (χ0) is 18.3. The molecule has 0 aromatic carbocycles. The minimum Gasteiger partial charge on any atom is -0.429 e. The molecule has 0 aliphatic carbocycles. The topological polar surface area (TPSA) is 55.8 Å². The van der Waals surface area contributed by atoms with Gasteiger partial charge in [-0.3, -0.25) is 0 Å². The fourth-order valence-electron chi connectivity index (χ4n) is 3.31. The SMILES string of the molecule is CCCCCCCCCCCCCCC/C=C1\C(=O)O[C@@H](OC)[C@@H]1O. The molecule has 146 valence electrons. The molecule has 0 bridgehead atoms. The number of esters is 1. The Morgan fingerprint density at radius 2 is 1.40 bits per heavy atom. The smallest absolute Gasteiger partial charge is 0.339 e. The number of carbonyl (C=O) groups excluding carboxylic acids is 1. The maximum atomic E-state index is 11.6. The van der Waals surface area contributed by atoms with Crippen LogP contribution in [0.2, 0.25) is 0 Å². The molecule has 2 atom stereocenters. The van der Waals surface area contributed by atoms with E-state index in [0.717, 1.165) is 12.8 Å². The van der Waals surface area contributed by atoms with E-state index in [4.69, 9.17) is 9.47 Å². The van der Waals surface area contributed by atoms with Gasteiger partial charge in [-0.05, 0) is 12.8 Å². The van der Waals surface area contributed by atoms with E-state index in [2.05, 4.69) is 6.92 Å². The van der Waals surface area contributed by atoms with E-state index in [9.17, 15) is 9.90 Å².